The topological polar surface area (TPSA) is 69.1 Å². The van der Waals surface area contributed by atoms with Gasteiger partial charge in [0.15, 0.2) is 0 Å². The fourth-order valence-corrected chi connectivity index (χ4v) is 1.97. The Bertz CT molecular complexity index is 402. The Labute approximate surface area is 107 Å². The van der Waals surface area contributed by atoms with Gasteiger partial charge in [-0.3, -0.25) is 4.79 Å². The molecule has 0 unspecified atom stereocenters. The number of hydrogen-bond acceptors (Lipinski definition) is 3. The van der Waals surface area contributed by atoms with E-state index in [1.54, 1.807) is 0 Å². The van der Waals surface area contributed by atoms with Crippen LogP contribution in [0.5, 0.6) is 0 Å². The molecule has 0 heterocycles. The van der Waals surface area contributed by atoms with Gasteiger partial charge in [0.1, 0.15) is 0 Å². The van der Waals surface area contributed by atoms with Gasteiger partial charge in [-0.05, 0) is 37.1 Å². The summed E-state index contributed by atoms with van der Waals surface area (Å²) in [5.41, 5.74) is 10.2. The number of primary amides is 1. The van der Waals surface area contributed by atoms with Crippen LogP contribution >= 0.6 is 11.8 Å². The Morgan fingerprint density at radius 1 is 1.22 bits per heavy atom. The van der Waals surface area contributed by atoms with Crippen LogP contribution in [-0.4, -0.2) is 17.3 Å². The lowest BCUT2D eigenvalue weighted by atomic mass is 10.3. The molecule has 18 heavy (non-hydrogen) atoms. The first kappa shape index (κ1) is 14.7. The van der Waals surface area contributed by atoms with Gasteiger partial charge in [-0.25, -0.2) is 0 Å². The molecule has 3 nitrogen and oxygen atoms in total. The first-order valence-electron chi connectivity index (χ1n) is 5.18. The predicted octanol–water partition coefficient (Wildman–Crippen LogP) is 2.56. The molecule has 0 radical (unpaired) electrons. The summed E-state index contributed by atoms with van der Waals surface area (Å²) < 4.78 is 32.1. The zero-order valence-electron chi connectivity index (χ0n) is 9.41. The van der Waals surface area contributed by atoms with Crippen molar-refractivity contribution in [3.05, 3.63) is 24.3 Å². The van der Waals surface area contributed by atoms with Crippen LogP contribution in [0.3, 0.4) is 0 Å². The molecule has 1 aromatic carbocycles. The highest BCUT2D eigenvalue weighted by atomic mass is 32.2. The molecule has 1 aliphatic carbocycles. The summed E-state index contributed by atoms with van der Waals surface area (Å²) in [5.74, 6) is -2.26. The van der Waals surface area contributed by atoms with E-state index in [0.29, 0.717) is 0 Å². The van der Waals surface area contributed by atoms with Crippen LogP contribution in [-0.2, 0) is 4.79 Å². The number of rotatable bonds is 2. The maximum absolute atomic E-state index is 10.7. The van der Waals surface area contributed by atoms with E-state index in [0.717, 1.165) is 10.9 Å². The first-order valence-corrected chi connectivity index (χ1v) is 6.06. The van der Waals surface area contributed by atoms with Crippen LogP contribution in [0.2, 0.25) is 0 Å². The highest BCUT2D eigenvalue weighted by molar-refractivity contribution is 8.00. The average molecular weight is 278 g/mol. The Kier molecular flexibility index (Phi) is 4.89. The number of hydrogen-bond donors (Lipinski definition) is 2. The monoisotopic (exact) mass is 278 g/mol. The first-order chi connectivity index (χ1) is 8.29. The highest BCUT2D eigenvalue weighted by Gasteiger charge is 2.35. The van der Waals surface area contributed by atoms with E-state index >= 15 is 0 Å². The van der Waals surface area contributed by atoms with Gasteiger partial charge >= 0.3 is 12.1 Å². The van der Waals surface area contributed by atoms with Crippen molar-refractivity contribution in [2.24, 2.45) is 5.73 Å². The Morgan fingerprint density at radius 3 is 2.00 bits per heavy atom. The second-order valence-corrected chi connectivity index (χ2v) is 5.12. The highest BCUT2D eigenvalue weighted by Crippen LogP contribution is 2.39. The minimum atomic E-state index is -4.86. The van der Waals surface area contributed by atoms with Crippen molar-refractivity contribution < 1.29 is 18.0 Å². The molecule has 1 aliphatic rings. The molecule has 4 N–H and O–H groups in total. The lowest BCUT2D eigenvalue weighted by Crippen LogP contribution is -2.30. The van der Waals surface area contributed by atoms with Crippen molar-refractivity contribution in [2.45, 2.75) is 29.2 Å². The number of alkyl halides is 3. The molecule has 7 heteroatoms. The summed E-state index contributed by atoms with van der Waals surface area (Å²) in [6.45, 7) is 0. The third kappa shape index (κ3) is 5.81. The van der Waals surface area contributed by atoms with E-state index in [1.807, 2.05) is 23.9 Å². The lowest BCUT2D eigenvalue weighted by Gasteiger charge is -1.98. The molecule has 0 spiro atoms. The molecule has 2 rings (SSSR count). The second-order valence-electron chi connectivity index (χ2n) is 3.75. The Morgan fingerprint density at radius 2 is 1.67 bits per heavy atom. The summed E-state index contributed by atoms with van der Waals surface area (Å²) in [6, 6.07) is 8.12. The van der Waals surface area contributed by atoms with Crippen molar-refractivity contribution in [1.82, 2.24) is 0 Å². The van der Waals surface area contributed by atoms with Gasteiger partial charge < -0.3 is 11.5 Å². The maximum Gasteiger partial charge on any atom is 0.470 e. The summed E-state index contributed by atoms with van der Waals surface area (Å²) in [4.78, 5) is 10.5. The summed E-state index contributed by atoms with van der Waals surface area (Å²) in [5, 5.41) is 0.888. The average Bonchev–Trinajstić information content (AvgIpc) is 3.05. The van der Waals surface area contributed by atoms with E-state index in [2.05, 4.69) is 17.9 Å². The van der Waals surface area contributed by atoms with Crippen molar-refractivity contribution in [1.29, 1.82) is 0 Å². The molecule has 1 saturated carbocycles. The SMILES string of the molecule is NC(=O)C(F)(F)F.Nc1ccc(SC2CC2)cc1. The van der Waals surface area contributed by atoms with Crippen LogP contribution in [0, 0.1) is 0 Å². The summed E-state index contributed by atoms with van der Waals surface area (Å²) in [7, 11) is 0. The Balaban J connectivity index is 0.000000203. The smallest absolute Gasteiger partial charge is 0.399 e. The molecule has 0 bridgehead atoms. The van der Waals surface area contributed by atoms with Crippen LogP contribution < -0.4 is 11.5 Å². The van der Waals surface area contributed by atoms with Crippen LogP contribution in [0.4, 0.5) is 18.9 Å². The van der Waals surface area contributed by atoms with Gasteiger partial charge in [0.2, 0.25) is 0 Å². The molecular formula is C11H13F3N2OS. The van der Waals surface area contributed by atoms with E-state index < -0.39 is 12.1 Å². The summed E-state index contributed by atoms with van der Waals surface area (Å²) >= 11 is 1.96. The summed E-state index contributed by atoms with van der Waals surface area (Å²) in [6.07, 6.45) is -2.09. The fourth-order valence-electron chi connectivity index (χ4n) is 0.925. The van der Waals surface area contributed by atoms with Crippen LogP contribution in [0.25, 0.3) is 0 Å². The van der Waals surface area contributed by atoms with Crippen molar-refractivity contribution >= 4 is 23.4 Å². The fraction of sp³-hybridized carbons (Fsp3) is 0.364. The third-order valence-corrected chi connectivity index (χ3v) is 3.34. The Hall–Kier alpha value is -1.37. The lowest BCUT2D eigenvalue weighted by molar-refractivity contribution is -0.169. The van der Waals surface area contributed by atoms with Crippen molar-refractivity contribution in [3.63, 3.8) is 0 Å². The number of amides is 1. The molecule has 0 aliphatic heterocycles. The zero-order chi connectivity index (χ0) is 13.8. The number of nitrogen functional groups attached to an aromatic ring is 1. The van der Waals surface area contributed by atoms with Gasteiger partial charge in [-0.1, -0.05) is 0 Å². The minimum Gasteiger partial charge on any atom is -0.399 e. The van der Waals surface area contributed by atoms with Crippen LogP contribution in [0.15, 0.2) is 29.2 Å². The largest absolute Gasteiger partial charge is 0.470 e. The van der Waals surface area contributed by atoms with Gasteiger partial charge in [0.05, 0.1) is 0 Å². The zero-order valence-corrected chi connectivity index (χ0v) is 10.2. The number of carbonyl (C=O) groups is 1. The number of carbonyl (C=O) groups excluding carboxylic acids is 1. The second kappa shape index (κ2) is 5.99. The maximum atomic E-state index is 10.7. The number of thioether (sulfide) groups is 1. The predicted molar refractivity (Wildman–Crippen MR) is 65.0 cm³/mol. The van der Waals surface area contributed by atoms with E-state index in [-0.39, 0.29) is 0 Å². The number of halogens is 3. The molecule has 0 saturated heterocycles. The standard InChI is InChI=1S/C9H11NS.C2H2F3NO/c10-7-1-3-8(4-2-7)11-9-5-6-9;3-2(4,5)1(6)7/h1-4,9H,5-6,10H2;(H2,6,7). The number of benzene rings is 1. The van der Waals surface area contributed by atoms with Gasteiger partial charge in [-0.2, -0.15) is 13.2 Å². The van der Waals surface area contributed by atoms with Crippen LogP contribution in [0.1, 0.15) is 12.8 Å². The van der Waals surface area contributed by atoms with E-state index in [1.165, 1.54) is 17.7 Å². The van der Waals surface area contributed by atoms with Crippen molar-refractivity contribution in [2.75, 3.05) is 5.73 Å². The van der Waals surface area contributed by atoms with Gasteiger partial charge in [0, 0.05) is 15.8 Å². The third-order valence-electron chi connectivity index (χ3n) is 1.99. The molecule has 1 fully saturated rings. The number of nitrogens with two attached hydrogens (primary N) is 2. The van der Waals surface area contributed by atoms with Crippen molar-refractivity contribution in [3.8, 4) is 0 Å². The molecule has 0 atom stereocenters. The quantitative estimate of drug-likeness (QED) is 0.817. The molecule has 1 aromatic rings. The molecule has 100 valence electrons. The van der Waals surface area contributed by atoms with Gasteiger partial charge in [-0.15, -0.1) is 11.8 Å². The minimum absolute atomic E-state index is 0.852. The normalized spacial score (nSPS) is 14.6. The van der Waals surface area contributed by atoms with Gasteiger partial charge in [0.25, 0.3) is 0 Å². The van der Waals surface area contributed by atoms with E-state index in [9.17, 15) is 13.2 Å². The molecule has 0 aromatic heterocycles. The number of anilines is 1. The molecular weight excluding hydrogens is 265 g/mol. The molecule has 1 amide bonds. The van der Waals surface area contributed by atoms with E-state index in [4.69, 9.17) is 10.5 Å².